The summed E-state index contributed by atoms with van der Waals surface area (Å²) < 4.78 is 1.81. The minimum absolute atomic E-state index is 0.0853. The van der Waals surface area contributed by atoms with E-state index < -0.39 is 0 Å². The molecule has 6 heteroatoms. The summed E-state index contributed by atoms with van der Waals surface area (Å²) in [5, 5.41) is 11.3. The second-order valence-corrected chi connectivity index (χ2v) is 6.27. The van der Waals surface area contributed by atoms with Gasteiger partial charge in [-0.2, -0.15) is 10.2 Å². The Bertz CT molecular complexity index is 1040. The van der Waals surface area contributed by atoms with E-state index in [2.05, 4.69) is 15.3 Å². The average molecular weight is 357 g/mol. The van der Waals surface area contributed by atoms with Gasteiger partial charge in [-0.05, 0) is 17.7 Å². The third kappa shape index (κ3) is 3.37. The average Bonchev–Trinajstić information content (AvgIpc) is 3.40. The van der Waals surface area contributed by atoms with E-state index in [1.54, 1.807) is 29.0 Å². The van der Waals surface area contributed by atoms with E-state index in [1.807, 2.05) is 66.9 Å². The normalized spacial score (nSPS) is 10.7. The molecule has 0 aliphatic rings. The van der Waals surface area contributed by atoms with E-state index in [9.17, 15) is 4.79 Å². The summed E-state index contributed by atoms with van der Waals surface area (Å²) in [6, 6.07) is 19.5. The summed E-state index contributed by atoms with van der Waals surface area (Å²) in [4.78, 5) is 14.7. The zero-order chi connectivity index (χ0) is 18.6. The number of benzene rings is 2. The van der Waals surface area contributed by atoms with Crippen molar-refractivity contribution in [2.45, 2.75) is 6.54 Å². The number of aromatic nitrogens is 4. The molecule has 0 aliphatic carbocycles. The van der Waals surface area contributed by atoms with E-state index in [-0.39, 0.29) is 5.91 Å². The van der Waals surface area contributed by atoms with Crippen LogP contribution >= 0.6 is 0 Å². The van der Waals surface area contributed by atoms with Crippen molar-refractivity contribution in [3.05, 3.63) is 90.4 Å². The number of carbonyl (C=O) groups is 1. The molecule has 0 aliphatic heterocycles. The van der Waals surface area contributed by atoms with Crippen molar-refractivity contribution in [3.63, 3.8) is 0 Å². The fourth-order valence-electron chi connectivity index (χ4n) is 3.09. The van der Waals surface area contributed by atoms with Gasteiger partial charge in [-0.15, -0.1) is 0 Å². The molecular weight excluding hydrogens is 338 g/mol. The Morgan fingerprint density at radius 3 is 2.63 bits per heavy atom. The maximum atomic E-state index is 13.0. The largest absolute Gasteiger partial charge is 0.337 e. The number of hydrogen-bond acceptors (Lipinski definition) is 3. The molecule has 4 rings (SSSR count). The van der Waals surface area contributed by atoms with Gasteiger partial charge < -0.3 is 4.90 Å². The fraction of sp³-hybridized carbons (Fsp3) is 0.0952. The molecule has 27 heavy (non-hydrogen) atoms. The van der Waals surface area contributed by atoms with Crippen LogP contribution in [0, 0.1) is 0 Å². The van der Waals surface area contributed by atoms with Gasteiger partial charge in [-0.3, -0.25) is 9.89 Å². The summed E-state index contributed by atoms with van der Waals surface area (Å²) in [5.74, 6) is -0.0853. The maximum absolute atomic E-state index is 13.0. The SMILES string of the molecule is CN(Cc1ccccc1-n1cccn1)C(=O)c1cn[nH]c1-c1ccccc1. The number of nitrogens with one attached hydrogen (secondary N) is 1. The Morgan fingerprint density at radius 1 is 1.07 bits per heavy atom. The monoisotopic (exact) mass is 357 g/mol. The van der Waals surface area contributed by atoms with Crippen LogP contribution < -0.4 is 0 Å². The van der Waals surface area contributed by atoms with Crippen LogP contribution in [-0.4, -0.2) is 37.8 Å². The molecule has 0 spiro atoms. The second-order valence-electron chi connectivity index (χ2n) is 6.27. The van der Waals surface area contributed by atoms with Gasteiger partial charge in [0.05, 0.1) is 23.1 Å². The van der Waals surface area contributed by atoms with E-state index in [0.29, 0.717) is 12.1 Å². The first-order valence-corrected chi connectivity index (χ1v) is 8.66. The summed E-state index contributed by atoms with van der Waals surface area (Å²) >= 11 is 0. The lowest BCUT2D eigenvalue weighted by Gasteiger charge is -2.19. The van der Waals surface area contributed by atoms with Crippen molar-refractivity contribution in [1.29, 1.82) is 0 Å². The van der Waals surface area contributed by atoms with Crippen molar-refractivity contribution in [2.75, 3.05) is 7.05 Å². The lowest BCUT2D eigenvalue weighted by molar-refractivity contribution is 0.0786. The van der Waals surface area contributed by atoms with Crippen LogP contribution in [0.3, 0.4) is 0 Å². The number of rotatable bonds is 5. The molecule has 2 aromatic heterocycles. The minimum atomic E-state index is -0.0853. The number of para-hydroxylation sites is 1. The van der Waals surface area contributed by atoms with Gasteiger partial charge in [-0.1, -0.05) is 48.5 Å². The first kappa shape index (κ1) is 16.8. The number of carbonyl (C=O) groups excluding carboxylic acids is 1. The summed E-state index contributed by atoms with van der Waals surface area (Å²) in [6.07, 6.45) is 5.22. The molecule has 1 amide bonds. The highest BCUT2D eigenvalue weighted by molar-refractivity contribution is 5.99. The van der Waals surface area contributed by atoms with Crippen molar-refractivity contribution < 1.29 is 4.79 Å². The summed E-state index contributed by atoms with van der Waals surface area (Å²) in [7, 11) is 1.80. The van der Waals surface area contributed by atoms with Crippen molar-refractivity contribution in [1.82, 2.24) is 24.9 Å². The van der Waals surface area contributed by atoms with Gasteiger partial charge in [0, 0.05) is 31.5 Å². The highest BCUT2D eigenvalue weighted by atomic mass is 16.2. The van der Waals surface area contributed by atoms with Gasteiger partial charge in [0.1, 0.15) is 0 Å². The first-order valence-electron chi connectivity index (χ1n) is 8.66. The van der Waals surface area contributed by atoms with Crippen LogP contribution in [0.15, 0.2) is 79.3 Å². The Kier molecular flexibility index (Phi) is 4.53. The number of amides is 1. The molecule has 0 saturated heterocycles. The van der Waals surface area contributed by atoms with Gasteiger partial charge in [0.2, 0.25) is 0 Å². The Hall–Kier alpha value is -3.67. The highest BCUT2D eigenvalue weighted by Gasteiger charge is 2.20. The van der Waals surface area contributed by atoms with E-state index in [4.69, 9.17) is 0 Å². The van der Waals surface area contributed by atoms with Crippen LogP contribution in [0.5, 0.6) is 0 Å². The topological polar surface area (TPSA) is 66.8 Å². The Labute approximate surface area is 157 Å². The first-order chi connectivity index (χ1) is 13.2. The molecule has 0 saturated carbocycles. The quantitative estimate of drug-likeness (QED) is 0.594. The van der Waals surface area contributed by atoms with Crippen LogP contribution in [0.1, 0.15) is 15.9 Å². The third-order valence-electron chi connectivity index (χ3n) is 4.43. The Morgan fingerprint density at radius 2 is 1.85 bits per heavy atom. The highest BCUT2D eigenvalue weighted by Crippen LogP contribution is 2.23. The lowest BCUT2D eigenvalue weighted by atomic mass is 10.1. The molecular formula is C21H19N5O. The van der Waals surface area contributed by atoms with Crippen molar-refractivity contribution in [3.8, 4) is 16.9 Å². The lowest BCUT2D eigenvalue weighted by Crippen LogP contribution is -2.27. The number of hydrogen-bond donors (Lipinski definition) is 1. The van der Waals surface area contributed by atoms with Crippen molar-refractivity contribution in [2.24, 2.45) is 0 Å². The molecule has 0 radical (unpaired) electrons. The van der Waals surface area contributed by atoms with Crippen LogP contribution in [0.4, 0.5) is 0 Å². The van der Waals surface area contributed by atoms with Gasteiger partial charge in [-0.25, -0.2) is 4.68 Å². The van der Waals surface area contributed by atoms with Crippen LogP contribution in [0.25, 0.3) is 16.9 Å². The third-order valence-corrected chi connectivity index (χ3v) is 4.43. The molecule has 2 heterocycles. The van der Waals surface area contributed by atoms with Crippen LogP contribution in [0.2, 0.25) is 0 Å². The predicted octanol–water partition coefficient (Wildman–Crippen LogP) is 3.53. The number of H-pyrrole nitrogens is 1. The fourth-order valence-corrected chi connectivity index (χ4v) is 3.09. The van der Waals surface area contributed by atoms with Gasteiger partial charge in [0.15, 0.2) is 0 Å². The molecule has 6 nitrogen and oxygen atoms in total. The molecule has 0 fully saturated rings. The zero-order valence-corrected chi connectivity index (χ0v) is 14.9. The minimum Gasteiger partial charge on any atom is -0.337 e. The molecule has 4 aromatic rings. The molecule has 2 aromatic carbocycles. The molecule has 1 N–H and O–H groups in total. The summed E-state index contributed by atoms with van der Waals surface area (Å²) in [6.45, 7) is 0.467. The van der Waals surface area contributed by atoms with E-state index in [0.717, 1.165) is 22.5 Å². The molecule has 0 bridgehead atoms. The van der Waals surface area contributed by atoms with E-state index in [1.165, 1.54) is 0 Å². The number of nitrogens with zero attached hydrogens (tertiary/aromatic N) is 4. The zero-order valence-electron chi connectivity index (χ0n) is 14.9. The summed E-state index contributed by atoms with van der Waals surface area (Å²) in [5.41, 5.74) is 4.19. The van der Waals surface area contributed by atoms with Gasteiger partial charge in [0.25, 0.3) is 5.91 Å². The maximum Gasteiger partial charge on any atom is 0.257 e. The second kappa shape index (κ2) is 7.29. The smallest absolute Gasteiger partial charge is 0.257 e. The molecule has 0 atom stereocenters. The van der Waals surface area contributed by atoms with Crippen molar-refractivity contribution >= 4 is 5.91 Å². The Balaban J connectivity index is 1.60. The standard InChI is InChI=1S/C21H19N5O/c1-25(15-17-10-5-6-11-19(17)26-13-7-12-23-26)21(27)18-14-22-24-20(18)16-8-3-2-4-9-16/h2-14H,15H2,1H3,(H,22,24). The van der Waals surface area contributed by atoms with E-state index >= 15 is 0 Å². The molecule has 134 valence electrons. The van der Waals surface area contributed by atoms with Crippen LogP contribution in [-0.2, 0) is 6.54 Å². The number of aromatic amines is 1. The predicted molar refractivity (Wildman–Crippen MR) is 103 cm³/mol. The molecule has 0 unspecified atom stereocenters. The van der Waals surface area contributed by atoms with Gasteiger partial charge >= 0.3 is 0 Å².